The summed E-state index contributed by atoms with van der Waals surface area (Å²) in [5.74, 6) is 0.109. The van der Waals surface area contributed by atoms with Gasteiger partial charge in [0.2, 0.25) is 5.91 Å². The van der Waals surface area contributed by atoms with Gasteiger partial charge in [0.05, 0.1) is 7.11 Å². The van der Waals surface area contributed by atoms with Crippen LogP contribution in [0.3, 0.4) is 0 Å². The monoisotopic (exact) mass is 285 g/mol. The average Bonchev–Trinajstić information content (AvgIpc) is 2.48. The molecule has 0 atom stereocenters. The number of benzene rings is 2. The number of ether oxygens (including phenoxy) is 1. The van der Waals surface area contributed by atoms with E-state index in [0.29, 0.717) is 17.0 Å². The third-order valence-corrected chi connectivity index (χ3v) is 2.80. The van der Waals surface area contributed by atoms with Crippen LogP contribution in [-0.2, 0) is 4.79 Å². The lowest BCUT2D eigenvalue weighted by Gasteiger charge is -2.05. The maximum atomic E-state index is 11.8. The average molecular weight is 285 g/mol. The summed E-state index contributed by atoms with van der Waals surface area (Å²) < 4.78 is 4.99. The summed E-state index contributed by atoms with van der Waals surface area (Å²) in [6.07, 6.45) is 2.80. The van der Waals surface area contributed by atoms with E-state index in [1.807, 2.05) is 0 Å². The molecule has 5 heteroatoms. The molecule has 0 aliphatic heterocycles. The van der Waals surface area contributed by atoms with Crippen LogP contribution in [0.25, 0.3) is 6.08 Å². The molecule has 1 amide bonds. The van der Waals surface area contributed by atoms with Gasteiger partial charge in [0.1, 0.15) is 5.75 Å². The summed E-state index contributed by atoms with van der Waals surface area (Å²) in [4.78, 5) is 11.8. The highest BCUT2D eigenvalue weighted by atomic mass is 16.5. The maximum absolute atomic E-state index is 11.8. The van der Waals surface area contributed by atoms with Gasteiger partial charge in [-0.25, -0.2) is 0 Å². The van der Waals surface area contributed by atoms with Crippen LogP contribution in [0.2, 0.25) is 0 Å². The normalized spacial score (nSPS) is 10.5. The van der Waals surface area contributed by atoms with Crippen LogP contribution in [0.4, 0.5) is 5.69 Å². The lowest BCUT2D eigenvalue weighted by molar-refractivity contribution is -0.111. The van der Waals surface area contributed by atoms with Gasteiger partial charge < -0.3 is 20.3 Å². The molecule has 0 fully saturated rings. The largest absolute Gasteiger partial charge is 0.508 e. The molecular formula is C16H15NO4. The zero-order valence-electron chi connectivity index (χ0n) is 11.4. The summed E-state index contributed by atoms with van der Waals surface area (Å²) in [6.45, 7) is 0. The molecule has 5 nitrogen and oxygen atoms in total. The Morgan fingerprint density at radius 1 is 1.14 bits per heavy atom. The molecule has 3 N–H and O–H groups in total. The number of anilines is 1. The van der Waals surface area contributed by atoms with Crippen molar-refractivity contribution in [2.75, 3.05) is 12.4 Å². The van der Waals surface area contributed by atoms with Crippen molar-refractivity contribution in [3.05, 3.63) is 54.1 Å². The van der Waals surface area contributed by atoms with E-state index in [1.54, 1.807) is 30.3 Å². The zero-order chi connectivity index (χ0) is 15.2. The summed E-state index contributed by atoms with van der Waals surface area (Å²) >= 11 is 0. The number of methoxy groups -OCH3 is 1. The summed E-state index contributed by atoms with van der Waals surface area (Å²) in [7, 11) is 1.46. The summed E-state index contributed by atoms with van der Waals surface area (Å²) in [6, 6.07) is 11.1. The van der Waals surface area contributed by atoms with Crippen molar-refractivity contribution >= 4 is 17.7 Å². The highest BCUT2D eigenvalue weighted by molar-refractivity contribution is 6.02. The second kappa shape index (κ2) is 6.47. The van der Waals surface area contributed by atoms with Crippen LogP contribution < -0.4 is 10.1 Å². The predicted molar refractivity (Wildman–Crippen MR) is 80.4 cm³/mol. The van der Waals surface area contributed by atoms with Crippen LogP contribution in [0.5, 0.6) is 17.2 Å². The smallest absolute Gasteiger partial charge is 0.248 e. The van der Waals surface area contributed by atoms with Crippen molar-refractivity contribution in [1.29, 1.82) is 0 Å². The van der Waals surface area contributed by atoms with Crippen LogP contribution in [-0.4, -0.2) is 23.2 Å². The Hall–Kier alpha value is -2.95. The first kappa shape index (κ1) is 14.5. The fourth-order valence-corrected chi connectivity index (χ4v) is 1.73. The second-order valence-electron chi connectivity index (χ2n) is 4.27. The number of carbonyl (C=O) groups excluding carboxylic acids is 1. The number of rotatable bonds is 4. The number of hydrogen-bond acceptors (Lipinski definition) is 4. The van der Waals surface area contributed by atoms with Crippen molar-refractivity contribution in [2.24, 2.45) is 0 Å². The Balaban J connectivity index is 2.07. The van der Waals surface area contributed by atoms with Crippen molar-refractivity contribution in [1.82, 2.24) is 0 Å². The minimum Gasteiger partial charge on any atom is -0.508 e. The third-order valence-electron chi connectivity index (χ3n) is 2.80. The number of para-hydroxylation sites is 1. The molecule has 2 aromatic rings. The van der Waals surface area contributed by atoms with Gasteiger partial charge in [-0.05, 0) is 36.4 Å². The third kappa shape index (κ3) is 3.76. The van der Waals surface area contributed by atoms with E-state index in [2.05, 4.69) is 5.32 Å². The Kier molecular flexibility index (Phi) is 4.46. The van der Waals surface area contributed by atoms with E-state index in [1.165, 1.54) is 31.4 Å². The van der Waals surface area contributed by atoms with Gasteiger partial charge in [-0.15, -0.1) is 0 Å². The molecule has 2 rings (SSSR count). The number of phenols is 2. The van der Waals surface area contributed by atoms with Gasteiger partial charge in [0.15, 0.2) is 11.5 Å². The molecule has 0 saturated carbocycles. The highest BCUT2D eigenvalue weighted by Gasteiger charge is 2.05. The molecule has 2 aromatic carbocycles. The molecule has 0 aromatic heterocycles. The minimum absolute atomic E-state index is 0.0197. The zero-order valence-corrected chi connectivity index (χ0v) is 11.4. The first-order valence-corrected chi connectivity index (χ1v) is 6.24. The van der Waals surface area contributed by atoms with E-state index in [-0.39, 0.29) is 17.4 Å². The highest BCUT2D eigenvalue weighted by Crippen LogP contribution is 2.30. The summed E-state index contributed by atoms with van der Waals surface area (Å²) in [5, 5.41) is 21.7. The fourth-order valence-electron chi connectivity index (χ4n) is 1.73. The van der Waals surface area contributed by atoms with Gasteiger partial charge in [-0.2, -0.15) is 0 Å². The van der Waals surface area contributed by atoms with Crippen molar-refractivity contribution < 1.29 is 19.7 Å². The first-order valence-electron chi connectivity index (χ1n) is 6.24. The molecule has 0 saturated heterocycles. The molecule has 0 unspecified atom stereocenters. The lowest BCUT2D eigenvalue weighted by atomic mass is 10.1. The number of hydrogen-bond donors (Lipinski definition) is 3. The van der Waals surface area contributed by atoms with Crippen molar-refractivity contribution in [3.8, 4) is 17.2 Å². The van der Waals surface area contributed by atoms with Gasteiger partial charge in [0.25, 0.3) is 0 Å². The Bertz CT molecular complexity index is 662. The van der Waals surface area contributed by atoms with E-state index in [0.717, 1.165) is 0 Å². The maximum Gasteiger partial charge on any atom is 0.248 e. The predicted octanol–water partition coefficient (Wildman–Crippen LogP) is 2.76. The van der Waals surface area contributed by atoms with Gasteiger partial charge >= 0.3 is 0 Å². The molecule has 0 aliphatic rings. The molecule has 0 bridgehead atoms. The summed E-state index contributed by atoms with van der Waals surface area (Å²) in [5.41, 5.74) is 1.05. The Morgan fingerprint density at radius 3 is 2.52 bits per heavy atom. The quantitative estimate of drug-likeness (QED) is 0.596. The number of phenolic OH excluding ortho intramolecular Hbond substituents is 2. The van der Waals surface area contributed by atoms with E-state index in [4.69, 9.17) is 9.84 Å². The van der Waals surface area contributed by atoms with Crippen molar-refractivity contribution in [2.45, 2.75) is 0 Å². The standard InChI is InChI=1S/C16H15NO4/c1-21-14-4-2-3-11(16(14)20)5-10-15(19)17-12-6-8-13(18)9-7-12/h2-10,18,20H,1H3,(H,17,19)/b10-5+. The van der Waals surface area contributed by atoms with Crippen LogP contribution in [0.1, 0.15) is 5.56 Å². The number of carbonyl (C=O) groups is 1. The van der Waals surface area contributed by atoms with E-state index >= 15 is 0 Å². The number of nitrogens with one attached hydrogen (secondary N) is 1. The molecule has 108 valence electrons. The van der Waals surface area contributed by atoms with Crippen molar-refractivity contribution in [3.63, 3.8) is 0 Å². The van der Waals surface area contributed by atoms with Crippen LogP contribution in [0, 0.1) is 0 Å². The van der Waals surface area contributed by atoms with Crippen LogP contribution >= 0.6 is 0 Å². The van der Waals surface area contributed by atoms with E-state index in [9.17, 15) is 9.90 Å². The number of aromatic hydroxyl groups is 2. The minimum atomic E-state index is -0.345. The lowest BCUT2D eigenvalue weighted by Crippen LogP contribution is -2.07. The van der Waals surface area contributed by atoms with Gasteiger partial charge in [0, 0.05) is 17.3 Å². The molecule has 21 heavy (non-hydrogen) atoms. The van der Waals surface area contributed by atoms with E-state index < -0.39 is 0 Å². The van der Waals surface area contributed by atoms with Gasteiger partial charge in [-0.3, -0.25) is 4.79 Å². The SMILES string of the molecule is COc1cccc(/C=C/C(=O)Nc2ccc(O)cc2)c1O. The molecule has 0 aliphatic carbocycles. The molecule has 0 heterocycles. The van der Waals surface area contributed by atoms with Crippen LogP contribution in [0.15, 0.2) is 48.5 Å². The Labute approximate surface area is 122 Å². The molecule has 0 radical (unpaired) electrons. The number of amides is 1. The molecule has 0 spiro atoms. The molecular weight excluding hydrogens is 270 g/mol. The van der Waals surface area contributed by atoms with Gasteiger partial charge in [-0.1, -0.05) is 12.1 Å². The first-order chi connectivity index (χ1) is 10.1. The Morgan fingerprint density at radius 2 is 1.86 bits per heavy atom. The fraction of sp³-hybridized carbons (Fsp3) is 0.0625. The second-order valence-corrected chi connectivity index (χ2v) is 4.27. The topological polar surface area (TPSA) is 78.8 Å².